The highest BCUT2D eigenvalue weighted by molar-refractivity contribution is 7.11. The number of ether oxygens (including phenoxy) is 1. The van der Waals surface area contributed by atoms with Crippen LogP contribution in [0.1, 0.15) is 15.5 Å². The van der Waals surface area contributed by atoms with Gasteiger partial charge in [-0.3, -0.25) is 4.98 Å². The third kappa shape index (κ3) is 2.60. The van der Waals surface area contributed by atoms with Crippen LogP contribution in [-0.2, 0) is 6.61 Å². The van der Waals surface area contributed by atoms with E-state index < -0.39 is 5.97 Å². The third-order valence-electron chi connectivity index (χ3n) is 2.69. The lowest BCUT2D eigenvalue weighted by Gasteiger charge is -2.04. The van der Waals surface area contributed by atoms with Crippen molar-refractivity contribution >= 4 is 28.2 Å². The number of nitrogens with zero attached hydrogens (tertiary/aromatic N) is 2. The summed E-state index contributed by atoms with van der Waals surface area (Å²) in [5.74, 6) is -0.387. The van der Waals surface area contributed by atoms with E-state index in [1.54, 1.807) is 11.6 Å². The number of carboxylic acid groups (broad SMARTS) is 1. The van der Waals surface area contributed by atoms with Crippen molar-refractivity contribution in [2.45, 2.75) is 6.61 Å². The van der Waals surface area contributed by atoms with E-state index in [2.05, 4.69) is 9.97 Å². The average molecular weight is 286 g/mol. The van der Waals surface area contributed by atoms with Crippen molar-refractivity contribution in [3.05, 3.63) is 52.6 Å². The number of benzene rings is 1. The molecular formula is C14H10N2O3S. The van der Waals surface area contributed by atoms with Crippen molar-refractivity contribution in [2.24, 2.45) is 0 Å². The molecule has 0 unspecified atom stereocenters. The summed E-state index contributed by atoms with van der Waals surface area (Å²) >= 11 is 1.09. The minimum absolute atomic E-state index is 0.0697. The van der Waals surface area contributed by atoms with Crippen LogP contribution in [0, 0.1) is 0 Å². The zero-order chi connectivity index (χ0) is 13.9. The number of thiazole rings is 1. The molecule has 5 nitrogen and oxygen atoms in total. The average Bonchev–Trinajstić information content (AvgIpc) is 2.94. The number of para-hydroxylation sites is 1. The number of pyridine rings is 1. The van der Waals surface area contributed by atoms with Crippen LogP contribution in [-0.4, -0.2) is 21.0 Å². The summed E-state index contributed by atoms with van der Waals surface area (Å²) in [6.45, 7) is 0.226. The molecule has 0 aliphatic rings. The molecule has 0 amide bonds. The Labute approximate surface area is 118 Å². The van der Waals surface area contributed by atoms with Crippen LogP contribution >= 0.6 is 11.3 Å². The molecule has 0 radical (unpaired) electrons. The first-order valence-corrected chi connectivity index (χ1v) is 6.75. The van der Waals surface area contributed by atoms with Crippen molar-refractivity contribution in [3.8, 4) is 5.75 Å². The van der Waals surface area contributed by atoms with Gasteiger partial charge in [-0.25, -0.2) is 9.78 Å². The quantitative estimate of drug-likeness (QED) is 0.798. The number of aromatic carboxylic acids is 1. The first-order valence-electron chi connectivity index (χ1n) is 5.87. The Hall–Kier alpha value is -2.47. The molecule has 2 aromatic heterocycles. The lowest BCUT2D eigenvalue weighted by molar-refractivity contribution is 0.0696. The fourth-order valence-electron chi connectivity index (χ4n) is 1.76. The Bertz CT molecular complexity index is 770. The molecule has 3 rings (SSSR count). The summed E-state index contributed by atoms with van der Waals surface area (Å²) in [6, 6.07) is 9.65. The van der Waals surface area contributed by atoms with Crippen LogP contribution in [0.15, 0.2) is 41.9 Å². The van der Waals surface area contributed by atoms with E-state index >= 15 is 0 Å². The van der Waals surface area contributed by atoms with Gasteiger partial charge in [0.25, 0.3) is 0 Å². The van der Waals surface area contributed by atoms with Gasteiger partial charge in [-0.2, -0.15) is 0 Å². The van der Waals surface area contributed by atoms with Gasteiger partial charge in [-0.15, -0.1) is 11.3 Å². The molecule has 0 aliphatic heterocycles. The Morgan fingerprint density at radius 1 is 1.35 bits per heavy atom. The highest BCUT2D eigenvalue weighted by atomic mass is 32.1. The van der Waals surface area contributed by atoms with E-state index in [4.69, 9.17) is 9.84 Å². The second-order valence-corrected chi connectivity index (χ2v) is 4.96. The zero-order valence-corrected chi connectivity index (χ0v) is 11.1. The molecular weight excluding hydrogens is 276 g/mol. The second-order valence-electron chi connectivity index (χ2n) is 4.10. The number of fused-ring (bicyclic) bond motifs is 1. The fraction of sp³-hybridized carbons (Fsp3) is 0.0714. The Morgan fingerprint density at radius 3 is 3.00 bits per heavy atom. The smallest absolute Gasteiger partial charge is 0.365 e. The molecule has 0 atom stereocenters. The number of aromatic nitrogens is 2. The number of carboxylic acids is 1. The van der Waals surface area contributed by atoms with E-state index in [0.29, 0.717) is 11.4 Å². The summed E-state index contributed by atoms with van der Waals surface area (Å²) < 4.78 is 5.58. The van der Waals surface area contributed by atoms with Crippen LogP contribution in [0.3, 0.4) is 0 Å². The molecule has 20 heavy (non-hydrogen) atoms. The van der Waals surface area contributed by atoms with Crippen molar-refractivity contribution in [1.82, 2.24) is 9.97 Å². The monoisotopic (exact) mass is 286 g/mol. The fourth-order valence-corrected chi connectivity index (χ4v) is 2.40. The van der Waals surface area contributed by atoms with Gasteiger partial charge in [0, 0.05) is 10.8 Å². The first-order chi connectivity index (χ1) is 9.72. The Balaban J connectivity index is 1.74. The summed E-state index contributed by atoms with van der Waals surface area (Å²) in [5.41, 5.74) is 1.50. The second kappa shape index (κ2) is 5.26. The largest absolute Gasteiger partial charge is 0.486 e. The van der Waals surface area contributed by atoms with Gasteiger partial charge in [0.15, 0.2) is 0 Å². The van der Waals surface area contributed by atoms with Crippen LogP contribution in [0.5, 0.6) is 5.75 Å². The molecule has 1 aromatic carbocycles. The molecule has 0 saturated heterocycles. The maximum atomic E-state index is 10.7. The number of hydrogen-bond donors (Lipinski definition) is 1. The number of rotatable bonds is 4. The summed E-state index contributed by atoms with van der Waals surface area (Å²) in [4.78, 5) is 19.0. The van der Waals surface area contributed by atoms with Crippen LogP contribution in [0.4, 0.5) is 0 Å². The van der Waals surface area contributed by atoms with Crippen LogP contribution < -0.4 is 4.74 Å². The van der Waals surface area contributed by atoms with Gasteiger partial charge in [0.1, 0.15) is 12.4 Å². The van der Waals surface area contributed by atoms with Gasteiger partial charge in [-0.05, 0) is 12.1 Å². The van der Waals surface area contributed by atoms with Gasteiger partial charge < -0.3 is 9.84 Å². The minimum atomic E-state index is -1.02. The molecule has 6 heteroatoms. The molecule has 0 fully saturated rings. The van der Waals surface area contributed by atoms with Crippen molar-refractivity contribution in [3.63, 3.8) is 0 Å². The van der Waals surface area contributed by atoms with Crippen molar-refractivity contribution in [2.75, 3.05) is 0 Å². The van der Waals surface area contributed by atoms with Gasteiger partial charge in [0.2, 0.25) is 5.01 Å². The highest BCUT2D eigenvalue weighted by Crippen LogP contribution is 2.19. The van der Waals surface area contributed by atoms with E-state index in [1.165, 1.54) is 0 Å². The molecule has 0 bridgehead atoms. The van der Waals surface area contributed by atoms with Gasteiger partial charge in [-0.1, -0.05) is 18.2 Å². The zero-order valence-electron chi connectivity index (χ0n) is 10.3. The van der Waals surface area contributed by atoms with Crippen molar-refractivity contribution < 1.29 is 14.6 Å². The summed E-state index contributed by atoms with van der Waals surface area (Å²) in [6.07, 6.45) is 1.65. The Morgan fingerprint density at radius 2 is 2.20 bits per heavy atom. The number of carbonyl (C=O) groups is 1. The van der Waals surface area contributed by atoms with Gasteiger partial charge >= 0.3 is 5.97 Å². The maximum absolute atomic E-state index is 10.7. The SMILES string of the molecule is O=C(O)c1nc(COc2cnc3ccccc3c2)cs1. The lowest BCUT2D eigenvalue weighted by Crippen LogP contribution is -1.99. The van der Waals surface area contributed by atoms with Crippen LogP contribution in [0.25, 0.3) is 10.9 Å². The summed E-state index contributed by atoms with van der Waals surface area (Å²) in [7, 11) is 0. The minimum Gasteiger partial charge on any atom is -0.486 e. The third-order valence-corrected chi connectivity index (χ3v) is 3.57. The van der Waals surface area contributed by atoms with E-state index in [9.17, 15) is 4.79 Å². The van der Waals surface area contributed by atoms with Crippen LogP contribution in [0.2, 0.25) is 0 Å². The molecule has 3 aromatic rings. The normalized spacial score (nSPS) is 10.6. The predicted molar refractivity (Wildman–Crippen MR) is 75.1 cm³/mol. The van der Waals surface area contributed by atoms with E-state index in [-0.39, 0.29) is 11.6 Å². The summed E-state index contributed by atoms with van der Waals surface area (Å²) in [5, 5.41) is 11.5. The standard InChI is InChI=1S/C14H10N2O3S/c17-14(18)13-16-10(8-20-13)7-19-11-5-9-3-1-2-4-12(9)15-6-11/h1-6,8H,7H2,(H,17,18). The van der Waals surface area contributed by atoms with E-state index in [0.717, 1.165) is 22.2 Å². The Kier molecular flexibility index (Phi) is 3.30. The molecule has 2 heterocycles. The lowest BCUT2D eigenvalue weighted by atomic mass is 10.2. The predicted octanol–water partition coefficient (Wildman–Crippen LogP) is 2.97. The maximum Gasteiger partial charge on any atom is 0.365 e. The van der Waals surface area contributed by atoms with Crippen molar-refractivity contribution in [1.29, 1.82) is 0 Å². The molecule has 0 spiro atoms. The molecule has 100 valence electrons. The molecule has 0 aliphatic carbocycles. The van der Waals surface area contributed by atoms with Gasteiger partial charge in [0.05, 0.1) is 17.4 Å². The highest BCUT2D eigenvalue weighted by Gasteiger charge is 2.09. The molecule has 1 N–H and O–H groups in total. The topological polar surface area (TPSA) is 72.3 Å². The van der Waals surface area contributed by atoms with E-state index in [1.807, 2.05) is 30.3 Å². The number of hydrogen-bond acceptors (Lipinski definition) is 5. The first kappa shape index (κ1) is 12.6. The molecule has 0 saturated carbocycles.